The van der Waals surface area contributed by atoms with Crippen LogP contribution in [0.3, 0.4) is 0 Å². The van der Waals surface area contributed by atoms with E-state index >= 15 is 0 Å². The Bertz CT molecular complexity index is 796. The molecule has 0 radical (unpaired) electrons. The van der Waals surface area contributed by atoms with E-state index in [1.165, 1.54) is 0 Å². The number of hydrogen-bond acceptors (Lipinski definition) is 4. The summed E-state index contributed by atoms with van der Waals surface area (Å²) in [5.41, 5.74) is 1.27. The fourth-order valence-corrected chi connectivity index (χ4v) is 4.07. The molecule has 28 heavy (non-hydrogen) atoms. The van der Waals surface area contributed by atoms with Crippen molar-refractivity contribution in [3.8, 4) is 5.75 Å². The highest BCUT2D eigenvalue weighted by atomic mass is 35.5. The van der Waals surface area contributed by atoms with E-state index in [0.717, 1.165) is 32.4 Å². The van der Waals surface area contributed by atoms with Gasteiger partial charge in [-0.2, -0.15) is 0 Å². The Morgan fingerprint density at radius 1 is 0.929 bits per heavy atom. The van der Waals surface area contributed by atoms with Crippen LogP contribution in [0, 0.1) is 0 Å². The third kappa shape index (κ3) is 4.37. The van der Waals surface area contributed by atoms with Gasteiger partial charge in [-0.1, -0.05) is 30.3 Å². The molecule has 0 saturated carbocycles. The fraction of sp³-hybridized carbons (Fsp3) is 0.364. The van der Waals surface area contributed by atoms with Gasteiger partial charge in [-0.3, -0.25) is 9.59 Å². The second-order valence-electron chi connectivity index (χ2n) is 7.19. The highest BCUT2D eigenvalue weighted by Gasteiger charge is 2.37. The largest absolute Gasteiger partial charge is 0.484 e. The highest BCUT2D eigenvalue weighted by molar-refractivity contribution is 6.08. The first-order valence-electron chi connectivity index (χ1n) is 9.57. The van der Waals surface area contributed by atoms with Gasteiger partial charge in [0.15, 0.2) is 12.4 Å². The number of rotatable bonds is 5. The summed E-state index contributed by atoms with van der Waals surface area (Å²) in [4.78, 5) is 27.1. The Hall–Kier alpha value is -2.37. The van der Waals surface area contributed by atoms with Gasteiger partial charge in [0.25, 0.3) is 5.91 Å². The molecule has 2 fully saturated rings. The summed E-state index contributed by atoms with van der Waals surface area (Å²) in [6.45, 7) is 1.89. The van der Waals surface area contributed by atoms with Crippen LogP contribution in [0.4, 0.5) is 0 Å². The number of fused-ring (bicyclic) bond motifs is 2. The van der Waals surface area contributed by atoms with Gasteiger partial charge in [0.05, 0.1) is 0 Å². The molecule has 2 bridgehead atoms. The average molecular weight is 401 g/mol. The van der Waals surface area contributed by atoms with Crippen LogP contribution >= 0.6 is 12.4 Å². The van der Waals surface area contributed by atoms with Crippen molar-refractivity contribution in [1.82, 2.24) is 10.2 Å². The predicted molar refractivity (Wildman–Crippen MR) is 110 cm³/mol. The molecule has 0 aliphatic carbocycles. The molecular weight excluding hydrogens is 376 g/mol. The Labute approximate surface area is 171 Å². The zero-order valence-corrected chi connectivity index (χ0v) is 16.5. The smallest absolute Gasteiger partial charge is 0.261 e. The summed E-state index contributed by atoms with van der Waals surface area (Å²) < 4.78 is 5.70. The van der Waals surface area contributed by atoms with Crippen molar-refractivity contribution in [2.45, 2.75) is 31.3 Å². The number of ether oxygens (including phenoxy) is 1. The number of benzene rings is 2. The van der Waals surface area contributed by atoms with E-state index in [2.05, 4.69) is 5.32 Å². The van der Waals surface area contributed by atoms with Gasteiger partial charge in [-0.15, -0.1) is 12.4 Å². The van der Waals surface area contributed by atoms with E-state index in [1.54, 1.807) is 36.4 Å². The molecule has 0 spiro atoms. The molecule has 0 aromatic heterocycles. The minimum absolute atomic E-state index is 0. The molecule has 2 heterocycles. The normalized spacial score (nSPS) is 20.8. The van der Waals surface area contributed by atoms with E-state index in [-0.39, 0.29) is 30.7 Å². The van der Waals surface area contributed by atoms with Gasteiger partial charge >= 0.3 is 0 Å². The SMILES string of the molecule is Cl.O=C(c1ccccc1)c1ccc(OCC(=O)N2C3CCNCC2CC3)cc1. The lowest BCUT2D eigenvalue weighted by atomic mass is 10.0. The molecule has 148 valence electrons. The summed E-state index contributed by atoms with van der Waals surface area (Å²) in [5, 5.41) is 3.40. The molecule has 1 N–H and O–H groups in total. The highest BCUT2D eigenvalue weighted by Crippen LogP contribution is 2.28. The number of nitrogens with zero attached hydrogens (tertiary/aromatic N) is 1. The zero-order valence-electron chi connectivity index (χ0n) is 15.7. The molecule has 2 aromatic rings. The Balaban J connectivity index is 0.00000225. The number of amides is 1. The lowest BCUT2D eigenvalue weighted by Gasteiger charge is -2.27. The predicted octanol–water partition coefficient (Wildman–Crippen LogP) is 3.07. The molecule has 2 aliphatic heterocycles. The third-order valence-corrected chi connectivity index (χ3v) is 5.46. The quantitative estimate of drug-likeness (QED) is 0.783. The molecule has 5 nitrogen and oxygen atoms in total. The number of carbonyl (C=O) groups is 2. The van der Waals surface area contributed by atoms with Gasteiger partial charge in [0.2, 0.25) is 0 Å². The fourth-order valence-electron chi connectivity index (χ4n) is 4.07. The maximum Gasteiger partial charge on any atom is 0.261 e. The van der Waals surface area contributed by atoms with Crippen molar-refractivity contribution < 1.29 is 14.3 Å². The second kappa shape index (κ2) is 9.22. The molecule has 2 aromatic carbocycles. The van der Waals surface area contributed by atoms with Crippen LogP contribution in [0.2, 0.25) is 0 Å². The van der Waals surface area contributed by atoms with Gasteiger partial charge < -0.3 is 15.0 Å². The first-order valence-corrected chi connectivity index (χ1v) is 9.57. The van der Waals surface area contributed by atoms with Crippen LogP contribution < -0.4 is 10.1 Å². The summed E-state index contributed by atoms with van der Waals surface area (Å²) in [7, 11) is 0. The van der Waals surface area contributed by atoms with Crippen molar-refractivity contribution in [1.29, 1.82) is 0 Å². The minimum atomic E-state index is -0.0214. The van der Waals surface area contributed by atoms with Gasteiger partial charge in [-0.25, -0.2) is 0 Å². The van der Waals surface area contributed by atoms with E-state index < -0.39 is 0 Å². The molecule has 2 saturated heterocycles. The topological polar surface area (TPSA) is 58.6 Å². The molecule has 2 unspecified atom stereocenters. The lowest BCUT2D eigenvalue weighted by Crippen LogP contribution is -2.44. The second-order valence-corrected chi connectivity index (χ2v) is 7.19. The van der Waals surface area contributed by atoms with E-state index in [0.29, 0.717) is 29.0 Å². The maximum atomic E-state index is 12.7. The van der Waals surface area contributed by atoms with Crippen molar-refractivity contribution in [3.05, 3.63) is 65.7 Å². The summed E-state index contributed by atoms with van der Waals surface area (Å²) >= 11 is 0. The first kappa shape index (κ1) is 20.4. The Morgan fingerprint density at radius 2 is 1.61 bits per heavy atom. The van der Waals surface area contributed by atoms with E-state index in [1.807, 2.05) is 23.1 Å². The van der Waals surface area contributed by atoms with Crippen molar-refractivity contribution >= 4 is 24.1 Å². The molecule has 2 atom stereocenters. The van der Waals surface area contributed by atoms with Crippen LogP contribution in [0.1, 0.15) is 35.2 Å². The number of halogens is 1. The average Bonchev–Trinajstić information content (AvgIpc) is 2.99. The molecular formula is C22H25ClN2O3. The standard InChI is InChI=1S/C22H24N2O3.ClH/c25-21(24-18-8-9-19(24)14-23-13-12-18)15-27-20-10-6-17(7-11-20)22(26)16-4-2-1-3-5-16;/h1-7,10-11,18-19,23H,8-9,12-15H2;1H. The molecule has 4 rings (SSSR count). The van der Waals surface area contributed by atoms with Crippen LogP contribution in [-0.4, -0.2) is 48.4 Å². The molecule has 1 amide bonds. The number of carbonyl (C=O) groups excluding carboxylic acids is 2. The van der Waals surface area contributed by atoms with Crippen LogP contribution in [0.5, 0.6) is 5.75 Å². The summed E-state index contributed by atoms with van der Waals surface area (Å²) in [5.74, 6) is 0.635. The molecule has 2 aliphatic rings. The van der Waals surface area contributed by atoms with Gasteiger partial charge in [0.1, 0.15) is 5.75 Å². The van der Waals surface area contributed by atoms with E-state index in [4.69, 9.17) is 4.74 Å². The van der Waals surface area contributed by atoms with Crippen LogP contribution in [0.25, 0.3) is 0 Å². The number of ketones is 1. The van der Waals surface area contributed by atoms with Gasteiger partial charge in [0, 0.05) is 29.8 Å². The maximum absolute atomic E-state index is 12.7. The lowest BCUT2D eigenvalue weighted by molar-refractivity contribution is -0.136. The summed E-state index contributed by atoms with van der Waals surface area (Å²) in [6, 6.07) is 16.8. The number of nitrogens with one attached hydrogen (secondary N) is 1. The van der Waals surface area contributed by atoms with Crippen molar-refractivity contribution in [3.63, 3.8) is 0 Å². The Morgan fingerprint density at radius 3 is 2.36 bits per heavy atom. The zero-order chi connectivity index (χ0) is 18.6. The van der Waals surface area contributed by atoms with Crippen molar-refractivity contribution in [2.24, 2.45) is 0 Å². The Kier molecular flexibility index (Phi) is 6.70. The van der Waals surface area contributed by atoms with Crippen LogP contribution in [-0.2, 0) is 4.79 Å². The third-order valence-electron chi connectivity index (χ3n) is 5.46. The first-order chi connectivity index (χ1) is 13.2. The van der Waals surface area contributed by atoms with Gasteiger partial charge in [-0.05, 0) is 50.1 Å². The van der Waals surface area contributed by atoms with E-state index in [9.17, 15) is 9.59 Å². The molecule has 6 heteroatoms. The van der Waals surface area contributed by atoms with Crippen molar-refractivity contribution in [2.75, 3.05) is 19.7 Å². The monoisotopic (exact) mass is 400 g/mol. The minimum Gasteiger partial charge on any atom is -0.484 e. The summed E-state index contributed by atoms with van der Waals surface area (Å²) in [6.07, 6.45) is 3.17. The van der Waals surface area contributed by atoms with Crippen LogP contribution in [0.15, 0.2) is 54.6 Å². The number of hydrogen-bond donors (Lipinski definition) is 1.